The molecule has 0 spiro atoms. The number of amides is 1. The zero-order valence-corrected chi connectivity index (χ0v) is 17.2. The first-order valence-corrected chi connectivity index (χ1v) is 9.74. The Kier molecular flexibility index (Phi) is 8.13. The van der Waals surface area contributed by atoms with Crippen molar-refractivity contribution >= 4 is 23.2 Å². The van der Waals surface area contributed by atoms with Crippen molar-refractivity contribution < 1.29 is 9.53 Å². The van der Waals surface area contributed by atoms with Crippen LogP contribution in [-0.4, -0.2) is 38.6 Å². The molecule has 0 saturated carbocycles. The van der Waals surface area contributed by atoms with Crippen LogP contribution in [0.2, 0.25) is 0 Å². The predicted octanol–water partition coefficient (Wildman–Crippen LogP) is 2.48. The largest absolute Gasteiger partial charge is 0.497 e. The van der Waals surface area contributed by atoms with Crippen LogP contribution in [0.3, 0.4) is 0 Å². The quantitative estimate of drug-likeness (QED) is 0.480. The third kappa shape index (κ3) is 7.30. The lowest BCUT2D eigenvalue weighted by molar-refractivity contribution is -0.120. The average molecular weight is 389 g/mol. The van der Waals surface area contributed by atoms with Gasteiger partial charge in [0.1, 0.15) is 5.75 Å². The van der Waals surface area contributed by atoms with Crippen LogP contribution in [0.4, 0.5) is 0 Å². The summed E-state index contributed by atoms with van der Waals surface area (Å²) >= 11 is 1.80. The molecule has 2 aromatic rings. The second-order valence-corrected chi connectivity index (χ2v) is 7.68. The highest BCUT2D eigenvalue weighted by molar-refractivity contribution is 7.11. The normalized spacial score (nSPS) is 12.4. The number of rotatable bonds is 8. The minimum Gasteiger partial charge on any atom is -0.497 e. The van der Waals surface area contributed by atoms with E-state index in [2.05, 4.69) is 46.9 Å². The fourth-order valence-electron chi connectivity index (χ4n) is 2.55. The number of carbonyl (C=O) groups excluding carboxylic acids is 1. The van der Waals surface area contributed by atoms with Gasteiger partial charge in [0.2, 0.25) is 5.91 Å². The first-order chi connectivity index (χ1) is 13.0. The molecule has 7 heteroatoms. The topological polar surface area (TPSA) is 74.8 Å². The van der Waals surface area contributed by atoms with Gasteiger partial charge in [0.25, 0.3) is 0 Å². The lowest BCUT2D eigenvalue weighted by atomic mass is 10.2. The van der Waals surface area contributed by atoms with E-state index in [0.29, 0.717) is 12.5 Å². The first-order valence-electron chi connectivity index (χ1n) is 8.92. The highest BCUT2D eigenvalue weighted by Crippen LogP contribution is 2.16. The van der Waals surface area contributed by atoms with E-state index in [1.165, 1.54) is 9.75 Å². The maximum Gasteiger partial charge on any atom is 0.239 e. The van der Waals surface area contributed by atoms with Gasteiger partial charge in [-0.2, -0.15) is 0 Å². The summed E-state index contributed by atoms with van der Waals surface area (Å²) < 4.78 is 5.13. The van der Waals surface area contributed by atoms with Gasteiger partial charge in [-0.3, -0.25) is 9.79 Å². The zero-order chi connectivity index (χ0) is 19.6. The van der Waals surface area contributed by atoms with Crippen LogP contribution in [0.5, 0.6) is 5.75 Å². The predicted molar refractivity (Wildman–Crippen MR) is 112 cm³/mol. The molecular formula is C20H28N4O2S. The smallest absolute Gasteiger partial charge is 0.239 e. The van der Waals surface area contributed by atoms with E-state index in [1.807, 2.05) is 24.3 Å². The SMILES string of the molecule is CN=C(NCC(=O)NCc1ccc(OC)cc1)NC(C)Cc1ccc(C)s1. The van der Waals surface area contributed by atoms with Crippen molar-refractivity contribution in [3.05, 3.63) is 51.7 Å². The Morgan fingerprint density at radius 3 is 2.52 bits per heavy atom. The maximum atomic E-state index is 12.1. The van der Waals surface area contributed by atoms with Gasteiger partial charge in [-0.25, -0.2) is 0 Å². The van der Waals surface area contributed by atoms with Crippen molar-refractivity contribution in [3.8, 4) is 5.75 Å². The highest BCUT2D eigenvalue weighted by Gasteiger charge is 2.09. The summed E-state index contributed by atoms with van der Waals surface area (Å²) in [6.45, 7) is 4.86. The minimum absolute atomic E-state index is 0.0877. The Labute approximate surface area is 165 Å². The average Bonchev–Trinajstić information content (AvgIpc) is 3.08. The maximum absolute atomic E-state index is 12.1. The monoisotopic (exact) mass is 388 g/mol. The molecule has 0 aliphatic rings. The Morgan fingerprint density at radius 1 is 1.19 bits per heavy atom. The van der Waals surface area contributed by atoms with Gasteiger partial charge in [-0.05, 0) is 43.7 Å². The molecule has 0 saturated heterocycles. The molecule has 0 radical (unpaired) electrons. The number of hydrogen-bond acceptors (Lipinski definition) is 4. The first kappa shape index (κ1) is 20.8. The fraction of sp³-hybridized carbons (Fsp3) is 0.400. The minimum atomic E-state index is -0.0877. The van der Waals surface area contributed by atoms with Crippen LogP contribution in [0.15, 0.2) is 41.4 Å². The molecule has 0 fully saturated rings. The lowest BCUT2D eigenvalue weighted by Gasteiger charge is -2.17. The van der Waals surface area contributed by atoms with E-state index in [9.17, 15) is 4.79 Å². The van der Waals surface area contributed by atoms with Gasteiger partial charge in [0.15, 0.2) is 5.96 Å². The molecule has 0 aliphatic carbocycles. The van der Waals surface area contributed by atoms with Gasteiger partial charge in [0.05, 0.1) is 13.7 Å². The highest BCUT2D eigenvalue weighted by atomic mass is 32.1. The van der Waals surface area contributed by atoms with E-state index >= 15 is 0 Å². The van der Waals surface area contributed by atoms with Gasteiger partial charge in [-0.1, -0.05) is 12.1 Å². The van der Waals surface area contributed by atoms with Crippen molar-refractivity contribution in [1.82, 2.24) is 16.0 Å². The van der Waals surface area contributed by atoms with E-state index in [-0.39, 0.29) is 18.5 Å². The van der Waals surface area contributed by atoms with Crippen molar-refractivity contribution in [1.29, 1.82) is 0 Å². The standard InChI is InChI=1S/C20H28N4O2S/c1-14(11-18-10-5-15(2)27-18)24-20(21-3)23-13-19(25)22-12-16-6-8-17(26-4)9-7-16/h5-10,14H,11-13H2,1-4H3,(H,22,25)(H2,21,23,24). The molecule has 1 atom stereocenters. The number of ether oxygens (including phenoxy) is 1. The number of guanidine groups is 1. The van der Waals surface area contributed by atoms with Gasteiger partial charge in [0, 0.05) is 35.8 Å². The number of thiophene rings is 1. The molecule has 1 heterocycles. The molecule has 3 N–H and O–H groups in total. The third-order valence-corrected chi connectivity index (χ3v) is 5.00. The molecule has 146 valence electrons. The fourth-order valence-corrected chi connectivity index (χ4v) is 3.57. The van der Waals surface area contributed by atoms with E-state index in [0.717, 1.165) is 17.7 Å². The molecule has 27 heavy (non-hydrogen) atoms. The second-order valence-electron chi connectivity index (χ2n) is 6.31. The molecule has 1 aromatic heterocycles. The second kappa shape index (κ2) is 10.6. The summed E-state index contributed by atoms with van der Waals surface area (Å²) in [4.78, 5) is 18.9. The van der Waals surface area contributed by atoms with Crippen molar-refractivity contribution in [2.75, 3.05) is 20.7 Å². The number of carbonyl (C=O) groups is 1. The van der Waals surface area contributed by atoms with Gasteiger partial charge in [-0.15, -0.1) is 11.3 Å². The van der Waals surface area contributed by atoms with Crippen molar-refractivity contribution in [2.24, 2.45) is 4.99 Å². The summed E-state index contributed by atoms with van der Waals surface area (Å²) in [6, 6.07) is 12.1. The number of hydrogen-bond donors (Lipinski definition) is 3. The molecule has 0 bridgehead atoms. The lowest BCUT2D eigenvalue weighted by Crippen LogP contribution is -2.46. The van der Waals surface area contributed by atoms with E-state index < -0.39 is 0 Å². The number of methoxy groups -OCH3 is 1. The number of nitrogens with one attached hydrogen (secondary N) is 3. The van der Waals surface area contributed by atoms with Crippen LogP contribution < -0.4 is 20.7 Å². The molecule has 6 nitrogen and oxygen atoms in total. The molecule has 1 unspecified atom stereocenters. The molecule has 1 aromatic carbocycles. The van der Waals surface area contributed by atoms with Gasteiger partial charge < -0.3 is 20.7 Å². The van der Waals surface area contributed by atoms with Crippen LogP contribution in [0, 0.1) is 6.92 Å². The Bertz CT molecular complexity index is 756. The van der Waals surface area contributed by atoms with Crippen molar-refractivity contribution in [2.45, 2.75) is 32.9 Å². The molecule has 2 rings (SSSR count). The third-order valence-electron chi connectivity index (χ3n) is 3.98. The summed E-state index contributed by atoms with van der Waals surface area (Å²) in [6.07, 6.45) is 0.920. The van der Waals surface area contributed by atoms with E-state index in [4.69, 9.17) is 4.74 Å². The number of nitrogens with zero attached hydrogens (tertiary/aromatic N) is 1. The summed E-state index contributed by atoms with van der Waals surface area (Å²) in [5.41, 5.74) is 1.02. The van der Waals surface area contributed by atoms with Crippen molar-refractivity contribution in [3.63, 3.8) is 0 Å². The Hall–Kier alpha value is -2.54. The summed E-state index contributed by atoms with van der Waals surface area (Å²) in [5, 5.41) is 9.26. The zero-order valence-electron chi connectivity index (χ0n) is 16.3. The molecule has 1 amide bonds. The molecular weight excluding hydrogens is 360 g/mol. The van der Waals surface area contributed by atoms with E-state index in [1.54, 1.807) is 25.5 Å². The van der Waals surface area contributed by atoms with Crippen LogP contribution in [-0.2, 0) is 17.8 Å². The molecule has 0 aliphatic heterocycles. The van der Waals surface area contributed by atoms with Crippen LogP contribution in [0.1, 0.15) is 22.2 Å². The number of aliphatic imine (C=N–C) groups is 1. The summed E-state index contributed by atoms with van der Waals surface area (Å²) in [5.74, 6) is 1.33. The van der Waals surface area contributed by atoms with Gasteiger partial charge >= 0.3 is 0 Å². The number of aryl methyl sites for hydroxylation is 1. The Morgan fingerprint density at radius 2 is 1.93 bits per heavy atom. The summed E-state index contributed by atoms with van der Waals surface area (Å²) in [7, 11) is 3.33. The Balaban J connectivity index is 1.71. The van der Waals surface area contributed by atoms with Crippen LogP contribution >= 0.6 is 11.3 Å². The van der Waals surface area contributed by atoms with Crippen LogP contribution in [0.25, 0.3) is 0 Å². The number of benzene rings is 1.